The maximum atomic E-state index is 5.51. The molecule has 0 bridgehead atoms. The lowest BCUT2D eigenvalue weighted by atomic mass is 9.84. The van der Waals surface area contributed by atoms with Gasteiger partial charge in [-0.1, -0.05) is 13.3 Å². The molecule has 0 amide bonds. The molecule has 0 radical (unpaired) electrons. The summed E-state index contributed by atoms with van der Waals surface area (Å²) in [6.07, 6.45) is 10.8. The van der Waals surface area contributed by atoms with Crippen LogP contribution < -0.4 is 5.32 Å². The molecule has 16 heavy (non-hydrogen) atoms. The van der Waals surface area contributed by atoms with Crippen molar-refractivity contribution in [1.29, 1.82) is 0 Å². The van der Waals surface area contributed by atoms with Crippen LogP contribution >= 0.6 is 0 Å². The molecule has 1 unspecified atom stereocenters. The summed E-state index contributed by atoms with van der Waals surface area (Å²) < 4.78 is 5.51. The molecule has 2 fully saturated rings. The molecule has 0 spiro atoms. The van der Waals surface area contributed by atoms with E-state index in [0.717, 1.165) is 31.2 Å². The fourth-order valence-electron chi connectivity index (χ4n) is 3.14. The Kier molecular flexibility index (Phi) is 5.11. The van der Waals surface area contributed by atoms with Crippen molar-refractivity contribution in [3.63, 3.8) is 0 Å². The molecule has 2 aliphatic rings. The molecule has 0 aromatic heterocycles. The van der Waals surface area contributed by atoms with Gasteiger partial charge >= 0.3 is 0 Å². The van der Waals surface area contributed by atoms with Gasteiger partial charge in [0.15, 0.2) is 0 Å². The Balaban J connectivity index is 1.69. The zero-order valence-corrected chi connectivity index (χ0v) is 10.7. The highest BCUT2D eigenvalue weighted by molar-refractivity contribution is 4.80. The zero-order valence-electron chi connectivity index (χ0n) is 10.7. The van der Waals surface area contributed by atoms with Gasteiger partial charge in [0.25, 0.3) is 0 Å². The molecule has 1 saturated heterocycles. The second-order valence-corrected chi connectivity index (χ2v) is 5.53. The molecule has 94 valence electrons. The van der Waals surface area contributed by atoms with Crippen molar-refractivity contribution in [3.8, 4) is 0 Å². The average Bonchev–Trinajstić information content (AvgIpc) is 2.59. The summed E-state index contributed by atoms with van der Waals surface area (Å²) >= 11 is 0. The van der Waals surface area contributed by atoms with Gasteiger partial charge in [-0.25, -0.2) is 0 Å². The zero-order chi connectivity index (χ0) is 11.2. The summed E-state index contributed by atoms with van der Waals surface area (Å²) in [4.78, 5) is 0. The van der Waals surface area contributed by atoms with Crippen molar-refractivity contribution in [2.45, 2.75) is 70.4 Å². The summed E-state index contributed by atoms with van der Waals surface area (Å²) in [5.41, 5.74) is 0. The summed E-state index contributed by atoms with van der Waals surface area (Å²) in [6, 6.07) is 1.52. The van der Waals surface area contributed by atoms with Gasteiger partial charge < -0.3 is 10.1 Å². The lowest BCUT2D eigenvalue weighted by Gasteiger charge is -2.31. The summed E-state index contributed by atoms with van der Waals surface area (Å²) in [7, 11) is 0. The highest BCUT2D eigenvalue weighted by Crippen LogP contribution is 2.27. The number of hydrogen-bond acceptors (Lipinski definition) is 2. The van der Waals surface area contributed by atoms with E-state index in [1.165, 1.54) is 51.4 Å². The third-order valence-corrected chi connectivity index (χ3v) is 4.35. The lowest BCUT2D eigenvalue weighted by Crippen LogP contribution is -2.40. The minimum atomic E-state index is 0.727. The van der Waals surface area contributed by atoms with Crippen molar-refractivity contribution in [3.05, 3.63) is 0 Å². The predicted octanol–water partition coefficient (Wildman–Crippen LogP) is 3.11. The van der Waals surface area contributed by atoms with Gasteiger partial charge in [-0.3, -0.25) is 0 Å². The third-order valence-electron chi connectivity index (χ3n) is 4.35. The largest absolute Gasteiger partial charge is 0.381 e. The maximum Gasteiger partial charge on any atom is 0.0480 e. The minimum Gasteiger partial charge on any atom is -0.381 e. The van der Waals surface area contributed by atoms with E-state index in [-0.39, 0.29) is 0 Å². The molecular weight excluding hydrogens is 198 g/mol. The van der Waals surface area contributed by atoms with E-state index in [1.807, 2.05) is 0 Å². The standard InChI is InChI=1S/C14H27NO/c1-2-12-5-7-14(8-6-12)15-13-4-3-10-16-11-9-13/h12-15H,2-11H2,1H3. The SMILES string of the molecule is CCC1CCC(NC2CCCOCC2)CC1. The molecule has 1 aliphatic carbocycles. The highest BCUT2D eigenvalue weighted by atomic mass is 16.5. The van der Waals surface area contributed by atoms with Gasteiger partial charge in [-0.2, -0.15) is 0 Å². The molecular formula is C14H27NO. The van der Waals surface area contributed by atoms with Gasteiger partial charge in [0.05, 0.1) is 0 Å². The number of nitrogens with one attached hydrogen (secondary N) is 1. The fourth-order valence-corrected chi connectivity index (χ4v) is 3.14. The molecule has 1 N–H and O–H groups in total. The quantitative estimate of drug-likeness (QED) is 0.797. The third kappa shape index (κ3) is 3.74. The Morgan fingerprint density at radius 2 is 1.69 bits per heavy atom. The molecule has 2 rings (SSSR count). The van der Waals surface area contributed by atoms with Crippen molar-refractivity contribution >= 4 is 0 Å². The van der Waals surface area contributed by atoms with Crippen LogP contribution in [0.1, 0.15) is 58.3 Å². The first-order valence-corrected chi connectivity index (χ1v) is 7.22. The van der Waals surface area contributed by atoms with Crippen LogP contribution in [0, 0.1) is 5.92 Å². The molecule has 0 aromatic carbocycles. The second-order valence-electron chi connectivity index (χ2n) is 5.53. The molecule has 1 heterocycles. The van der Waals surface area contributed by atoms with Crippen LogP contribution in [-0.4, -0.2) is 25.3 Å². The van der Waals surface area contributed by atoms with Gasteiger partial charge in [0.1, 0.15) is 0 Å². The van der Waals surface area contributed by atoms with Gasteiger partial charge in [0, 0.05) is 25.3 Å². The van der Waals surface area contributed by atoms with Crippen LogP contribution in [0.2, 0.25) is 0 Å². The monoisotopic (exact) mass is 225 g/mol. The number of hydrogen-bond donors (Lipinski definition) is 1. The van der Waals surface area contributed by atoms with Crippen LogP contribution in [0.5, 0.6) is 0 Å². The Hall–Kier alpha value is -0.0800. The van der Waals surface area contributed by atoms with Crippen LogP contribution in [0.4, 0.5) is 0 Å². The van der Waals surface area contributed by atoms with Crippen LogP contribution in [0.15, 0.2) is 0 Å². The van der Waals surface area contributed by atoms with E-state index in [1.54, 1.807) is 0 Å². The Morgan fingerprint density at radius 1 is 0.938 bits per heavy atom. The first-order chi connectivity index (χ1) is 7.88. The topological polar surface area (TPSA) is 21.3 Å². The molecule has 1 atom stereocenters. The summed E-state index contributed by atoms with van der Waals surface area (Å²) in [5, 5.41) is 3.86. The van der Waals surface area contributed by atoms with E-state index in [2.05, 4.69) is 12.2 Å². The lowest BCUT2D eigenvalue weighted by molar-refractivity contribution is 0.141. The molecule has 0 aromatic rings. The number of ether oxygens (including phenoxy) is 1. The van der Waals surface area contributed by atoms with Crippen LogP contribution in [0.3, 0.4) is 0 Å². The van der Waals surface area contributed by atoms with E-state index < -0.39 is 0 Å². The highest BCUT2D eigenvalue weighted by Gasteiger charge is 2.22. The summed E-state index contributed by atoms with van der Waals surface area (Å²) in [5.74, 6) is 1.01. The molecule has 1 saturated carbocycles. The molecule has 1 aliphatic heterocycles. The Labute approximate surface area is 100 Å². The average molecular weight is 225 g/mol. The number of rotatable bonds is 3. The van der Waals surface area contributed by atoms with Crippen LogP contribution in [-0.2, 0) is 4.74 Å². The van der Waals surface area contributed by atoms with Gasteiger partial charge in [-0.15, -0.1) is 0 Å². The summed E-state index contributed by atoms with van der Waals surface area (Å²) in [6.45, 7) is 4.27. The Morgan fingerprint density at radius 3 is 2.44 bits per heavy atom. The van der Waals surface area contributed by atoms with Crippen molar-refractivity contribution in [2.24, 2.45) is 5.92 Å². The van der Waals surface area contributed by atoms with E-state index in [9.17, 15) is 0 Å². The normalized spacial score (nSPS) is 36.9. The van der Waals surface area contributed by atoms with Gasteiger partial charge in [-0.05, 0) is 50.9 Å². The molecule has 2 nitrogen and oxygen atoms in total. The maximum absolute atomic E-state index is 5.51. The Bertz CT molecular complexity index is 179. The molecule has 2 heteroatoms. The van der Waals surface area contributed by atoms with E-state index in [4.69, 9.17) is 4.74 Å². The van der Waals surface area contributed by atoms with Crippen LogP contribution in [0.25, 0.3) is 0 Å². The first kappa shape index (κ1) is 12.4. The van der Waals surface area contributed by atoms with Gasteiger partial charge in [0.2, 0.25) is 0 Å². The van der Waals surface area contributed by atoms with E-state index >= 15 is 0 Å². The van der Waals surface area contributed by atoms with Crippen molar-refractivity contribution in [1.82, 2.24) is 5.32 Å². The second kappa shape index (κ2) is 6.61. The van der Waals surface area contributed by atoms with E-state index in [0.29, 0.717) is 0 Å². The minimum absolute atomic E-state index is 0.727. The first-order valence-electron chi connectivity index (χ1n) is 7.22. The smallest absolute Gasteiger partial charge is 0.0480 e. The predicted molar refractivity (Wildman–Crippen MR) is 67.6 cm³/mol. The fraction of sp³-hybridized carbons (Fsp3) is 1.00. The van der Waals surface area contributed by atoms with Crippen molar-refractivity contribution < 1.29 is 4.74 Å². The van der Waals surface area contributed by atoms with Crippen molar-refractivity contribution in [2.75, 3.05) is 13.2 Å².